The molecule has 0 aromatic carbocycles. The van der Waals surface area contributed by atoms with E-state index in [4.69, 9.17) is 0 Å². The van der Waals surface area contributed by atoms with Crippen molar-refractivity contribution >= 4 is 0 Å². The van der Waals surface area contributed by atoms with Crippen LogP contribution < -0.4 is 0 Å². The summed E-state index contributed by atoms with van der Waals surface area (Å²) in [6.45, 7) is 0. The Hall–Kier alpha value is 0.569. The summed E-state index contributed by atoms with van der Waals surface area (Å²) in [6, 6.07) is 0. The first-order valence-corrected chi connectivity index (χ1v) is 0.894. The third-order valence-electron chi connectivity index (χ3n) is 0. The fraction of sp³-hybridized carbons (Fsp3) is 1.00. The number of rotatable bonds is 0. The van der Waals surface area contributed by atoms with E-state index in [2.05, 4.69) is 5.32 Å². The van der Waals surface area contributed by atoms with Crippen molar-refractivity contribution in [3.05, 3.63) is 11.5 Å². The molecule has 0 unspecified atom stereocenters. The largest absolute Gasteiger partial charge is 0.693 e. The number of nitrogens with zero attached hydrogens (tertiary/aromatic N) is 1. The van der Waals surface area contributed by atoms with Gasteiger partial charge in [0.2, 0.25) is 0 Å². The van der Waals surface area contributed by atoms with Crippen LogP contribution in [0, 0.1) is 0 Å². The Morgan fingerprint density at radius 2 is 1.20 bits per heavy atom. The van der Waals surface area contributed by atoms with Gasteiger partial charge in [-0.05, 0) is 0 Å². The zero-order chi connectivity index (χ0) is 2.71. The van der Waals surface area contributed by atoms with Gasteiger partial charge in [0, 0.05) is 20.1 Å². The average molecular weight is 252 g/mol. The van der Waals surface area contributed by atoms with E-state index in [1.54, 1.807) is 14.1 Å². The van der Waals surface area contributed by atoms with Crippen LogP contribution >= 0.6 is 0 Å². The molecule has 0 amide bonds. The molecule has 3 heteroatoms. The van der Waals surface area contributed by atoms with Gasteiger partial charge in [-0.25, -0.2) is 0 Å². The van der Waals surface area contributed by atoms with Crippen molar-refractivity contribution in [1.29, 1.82) is 0 Å². The molecule has 2 nitrogen and oxygen atoms in total. The normalized spacial score (nSPS) is 3.60. The molecule has 0 heterocycles. The molecule has 0 spiro atoms. The Labute approximate surface area is 46.3 Å². The predicted molar refractivity (Wildman–Crippen MR) is 20.5 cm³/mol. The molecule has 2 N–H and O–H groups in total. The van der Waals surface area contributed by atoms with Crippen LogP contribution in [-0.2, 0) is 20.1 Å². The van der Waals surface area contributed by atoms with E-state index < -0.39 is 0 Å². The molecule has 0 saturated heterocycles. The van der Waals surface area contributed by atoms with Crippen molar-refractivity contribution in [2.75, 3.05) is 14.1 Å². The second kappa shape index (κ2) is 23.6. The molecule has 0 aliphatic rings. The minimum absolute atomic E-state index is 0. The SMILES string of the molecule is C[N-]C.[Ir].[NH2-]. The van der Waals surface area contributed by atoms with Crippen LogP contribution in [0.5, 0.6) is 0 Å². The van der Waals surface area contributed by atoms with Crippen molar-refractivity contribution < 1.29 is 20.1 Å². The Kier molecular flexibility index (Phi) is 83.3. The van der Waals surface area contributed by atoms with Crippen molar-refractivity contribution in [3.63, 3.8) is 0 Å². The second-order valence-electron chi connectivity index (χ2n) is 0.447. The van der Waals surface area contributed by atoms with E-state index in [1.807, 2.05) is 0 Å². The topological polar surface area (TPSA) is 47.6 Å². The van der Waals surface area contributed by atoms with Crippen LogP contribution in [0.25, 0.3) is 11.5 Å². The van der Waals surface area contributed by atoms with Gasteiger partial charge in [0.25, 0.3) is 0 Å². The molecule has 0 aromatic heterocycles. The van der Waals surface area contributed by atoms with Gasteiger partial charge in [-0.2, -0.15) is 14.1 Å². The zero-order valence-corrected chi connectivity index (χ0v) is 5.75. The predicted octanol–water partition coefficient (Wildman–Crippen LogP) is 1.33. The van der Waals surface area contributed by atoms with Crippen molar-refractivity contribution in [2.45, 2.75) is 0 Å². The average Bonchev–Trinajstić information content (AvgIpc) is 0.918. The maximum atomic E-state index is 3.50. The summed E-state index contributed by atoms with van der Waals surface area (Å²) in [5, 5.41) is 3.50. The van der Waals surface area contributed by atoms with Gasteiger partial charge in [0.15, 0.2) is 0 Å². The third-order valence-corrected chi connectivity index (χ3v) is 0. The molecular formula is C2H8IrN2-2. The van der Waals surface area contributed by atoms with Crippen LogP contribution in [0.3, 0.4) is 0 Å². The number of hydrogen-bond acceptors (Lipinski definition) is 0. The van der Waals surface area contributed by atoms with Crippen LogP contribution in [-0.4, -0.2) is 14.1 Å². The van der Waals surface area contributed by atoms with E-state index in [9.17, 15) is 0 Å². The molecule has 0 aromatic rings. The quantitative estimate of drug-likeness (QED) is 0.624. The van der Waals surface area contributed by atoms with Crippen molar-refractivity contribution in [1.82, 2.24) is 0 Å². The molecule has 1 radical (unpaired) electrons. The maximum absolute atomic E-state index is 3.50. The molecule has 37 valence electrons. The molecule has 0 aliphatic heterocycles. The minimum Gasteiger partial charge on any atom is -0.693 e. The molecule has 5 heavy (non-hydrogen) atoms. The molecule has 0 rings (SSSR count). The number of hydrogen-bond donors (Lipinski definition) is 0. The summed E-state index contributed by atoms with van der Waals surface area (Å²) in [6.07, 6.45) is 0. The van der Waals surface area contributed by atoms with E-state index in [1.165, 1.54) is 0 Å². The summed E-state index contributed by atoms with van der Waals surface area (Å²) >= 11 is 0. The molecule has 0 fully saturated rings. The Morgan fingerprint density at radius 3 is 1.20 bits per heavy atom. The third kappa shape index (κ3) is 93.1. The fourth-order valence-corrected chi connectivity index (χ4v) is 0. The first-order valence-electron chi connectivity index (χ1n) is 0.894. The summed E-state index contributed by atoms with van der Waals surface area (Å²) in [4.78, 5) is 0. The molecule has 0 bridgehead atoms. The Bertz CT molecular complexity index is 7.61. The van der Waals surface area contributed by atoms with E-state index in [0.717, 1.165) is 0 Å². The van der Waals surface area contributed by atoms with Gasteiger partial charge in [0.1, 0.15) is 0 Å². The zero-order valence-electron chi connectivity index (χ0n) is 3.36. The van der Waals surface area contributed by atoms with Gasteiger partial charge in [-0.3, -0.25) is 0 Å². The standard InChI is InChI=1S/C2H6N.Ir.H2N/c1-3-2;;/h1-2H3;;1H2/q-1;;-1. The molecule has 0 atom stereocenters. The number of nitrogens with two attached hydrogens (primary N) is 1. The molecule has 0 aliphatic carbocycles. The Balaban J connectivity index is -0.0000000200. The van der Waals surface area contributed by atoms with E-state index in [-0.39, 0.29) is 26.3 Å². The van der Waals surface area contributed by atoms with Crippen LogP contribution in [0.2, 0.25) is 0 Å². The Morgan fingerprint density at radius 1 is 1.20 bits per heavy atom. The summed E-state index contributed by atoms with van der Waals surface area (Å²) in [5.74, 6) is 0. The molecular weight excluding hydrogens is 244 g/mol. The van der Waals surface area contributed by atoms with Gasteiger partial charge in [-0.15, -0.1) is 0 Å². The van der Waals surface area contributed by atoms with Crippen LogP contribution in [0.1, 0.15) is 0 Å². The van der Waals surface area contributed by atoms with Gasteiger partial charge in [-0.1, -0.05) is 0 Å². The van der Waals surface area contributed by atoms with Gasteiger partial charge in [0.05, 0.1) is 0 Å². The van der Waals surface area contributed by atoms with Crippen LogP contribution in [0.4, 0.5) is 0 Å². The summed E-state index contributed by atoms with van der Waals surface area (Å²) < 4.78 is 0. The monoisotopic (exact) mass is 253 g/mol. The van der Waals surface area contributed by atoms with Gasteiger partial charge < -0.3 is 11.5 Å². The van der Waals surface area contributed by atoms with E-state index in [0.29, 0.717) is 0 Å². The minimum atomic E-state index is 0. The smallest absolute Gasteiger partial charge is 0 e. The van der Waals surface area contributed by atoms with E-state index >= 15 is 0 Å². The maximum Gasteiger partial charge on any atom is 0 e. The second-order valence-corrected chi connectivity index (χ2v) is 0.447. The van der Waals surface area contributed by atoms with Crippen molar-refractivity contribution in [3.8, 4) is 0 Å². The van der Waals surface area contributed by atoms with Gasteiger partial charge >= 0.3 is 0 Å². The summed E-state index contributed by atoms with van der Waals surface area (Å²) in [5.41, 5.74) is 0. The fourth-order valence-electron chi connectivity index (χ4n) is 0. The summed E-state index contributed by atoms with van der Waals surface area (Å²) in [7, 11) is 3.50. The molecule has 0 saturated carbocycles. The van der Waals surface area contributed by atoms with Crippen LogP contribution in [0.15, 0.2) is 0 Å². The first kappa shape index (κ1) is 17.6. The first-order chi connectivity index (χ1) is 1.41. The van der Waals surface area contributed by atoms with Crippen molar-refractivity contribution in [2.24, 2.45) is 0 Å².